The minimum Gasteiger partial charge on any atom is -0.336 e. The molecule has 1 heterocycles. The summed E-state index contributed by atoms with van der Waals surface area (Å²) in [4.78, 5) is 13.1. The molecular weight excluding hydrogens is 176 g/mol. The molecule has 74 valence electrons. The Labute approximate surface area is 83.7 Å². The van der Waals surface area contributed by atoms with Crippen LogP contribution in [0.1, 0.15) is 12.5 Å². The molecule has 0 unspecified atom stereocenters. The van der Waals surface area contributed by atoms with Crippen LogP contribution in [-0.4, -0.2) is 19.1 Å². The van der Waals surface area contributed by atoms with E-state index in [1.54, 1.807) is 4.90 Å². The maximum absolute atomic E-state index is 11.3. The van der Waals surface area contributed by atoms with E-state index in [2.05, 4.69) is 24.4 Å². The normalized spacial score (nSPS) is 15.8. The van der Waals surface area contributed by atoms with E-state index in [9.17, 15) is 4.79 Å². The first-order valence-corrected chi connectivity index (χ1v) is 4.95. The van der Waals surface area contributed by atoms with Gasteiger partial charge in [0.15, 0.2) is 0 Å². The van der Waals surface area contributed by atoms with Crippen molar-refractivity contribution in [3.8, 4) is 0 Å². The molecule has 14 heavy (non-hydrogen) atoms. The van der Waals surface area contributed by atoms with Gasteiger partial charge in [0.05, 0.1) is 0 Å². The van der Waals surface area contributed by atoms with Crippen molar-refractivity contribution in [1.29, 1.82) is 0 Å². The predicted molar refractivity (Wildman–Crippen MR) is 56.6 cm³/mol. The molecule has 0 aliphatic carbocycles. The largest absolute Gasteiger partial charge is 0.336 e. The number of carbonyl (C=O) groups excluding carboxylic acids is 1. The minimum absolute atomic E-state index is 0.00856. The van der Waals surface area contributed by atoms with Gasteiger partial charge in [-0.1, -0.05) is 19.1 Å². The molecule has 2 amide bonds. The summed E-state index contributed by atoms with van der Waals surface area (Å²) in [6.07, 6.45) is 1.03. The maximum Gasteiger partial charge on any atom is 0.321 e. The van der Waals surface area contributed by atoms with Crippen molar-refractivity contribution in [2.24, 2.45) is 0 Å². The van der Waals surface area contributed by atoms with Crippen LogP contribution >= 0.6 is 0 Å². The SMILES string of the molecule is CCc1ccc(N2CCNC2=O)cc1. The molecule has 0 saturated carbocycles. The van der Waals surface area contributed by atoms with Gasteiger partial charge in [-0.05, 0) is 24.1 Å². The second kappa shape index (κ2) is 3.70. The molecule has 0 radical (unpaired) electrons. The van der Waals surface area contributed by atoms with Gasteiger partial charge < -0.3 is 5.32 Å². The maximum atomic E-state index is 11.3. The van der Waals surface area contributed by atoms with Gasteiger partial charge in [-0.25, -0.2) is 4.79 Å². The highest BCUT2D eigenvalue weighted by Gasteiger charge is 2.20. The lowest BCUT2D eigenvalue weighted by molar-refractivity contribution is 0.252. The van der Waals surface area contributed by atoms with E-state index < -0.39 is 0 Å². The predicted octanol–water partition coefficient (Wildman–Crippen LogP) is 1.78. The van der Waals surface area contributed by atoms with E-state index in [1.807, 2.05) is 12.1 Å². The first kappa shape index (κ1) is 9.06. The Hall–Kier alpha value is -1.51. The van der Waals surface area contributed by atoms with Gasteiger partial charge >= 0.3 is 6.03 Å². The summed E-state index contributed by atoms with van der Waals surface area (Å²) in [6.45, 7) is 3.64. The first-order valence-electron chi connectivity index (χ1n) is 4.95. The lowest BCUT2D eigenvalue weighted by Crippen LogP contribution is -2.27. The number of rotatable bonds is 2. The molecule has 0 spiro atoms. The third-order valence-corrected chi connectivity index (χ3v) is 2.51. The van der Waals surface area contributed by atoms with Crippen LogP contribution < -0.4 is 10.2 Å². The van der Waals surface area contributed by atoms with Crippen LogP contribution in [0.5, 0.6) is 0 Å². The number of urea groups is 1. The van der Waals surface area contributed by atoms with Crippen LogP contribution in [0.4, 0.5) is 10.5 Å². The van der Waals surface area contributed by atoms with Crippen LogP contribution in [-0.2, 0) is 6.42 Å². The van der Waals surface area contributed by atoms with Crippen molar-refractivity contribution in [2.45, 2.75) is 13.3 Å². The van der Waals surface area contributed by atoms with Crippen LogP contribution in [0.25, 0.3) is 0 Å². The van der Waals surface area contributed by atoms with E-state index in [0.29, 0.717) is 0 Å². The van der Waals surface area contributed by atoms with Gasteiger partial charge in [-0.3, -0.25) is 4.90 Å². The molecule has 2 rings (SSSR count). The summed E-state index contributed by atoms with van der Waals surface area (Å²) < 4.78 is 0. The van der Waals surface area contributed by atoms with Crippen molar-refractivity contribution in [3.05, 3.63) is 29.8 Å². The fourth-order valence-corrected chi connectivity index (χ4v) is 1.63. The van der Waals surface area contributed by atoms with Crippen LogP contribution in [0.3, 0.4) is 0 Å². The number of benzene rings is 1. The minimum atomic E-state index is 0.00856. The van der Waals surface area contributed by atoms with Crippen molar-refractivity contribution in [2.75, 3.05) is 18.0 Å². The van der Waals surface area contributed by atoms with Gasteiger partial charge in [0, 0.05) is 18.8 Å². The standard InChI is InChI=1S/C11H14N2O/c1-2-9-3-5-10(6-4-9)13-8-7-12-11(13)14/h3-6H,2,7-8H2,1H3,(H,12,14). The topological polar surface area (TPSA) is 32.3 Å². The van der Waals surface area contributed by atoms with E-state index in [4.69, 9.17) is 0 Å². The lowest BCUT2D eigenvalue weighted by atomic mass is 10.1. The quantitative estimate of drug-likeness (QED) is 0.757. The van der Waals surface area contributed by atoms with E-state index >= 15 is 0 Å². The number of anilines is 1. The summed E-state index contributed by atoms with van der Waals surface area (Å²) >= 11 is 0. The second-order valence-corrected chi connectivity index (χ2v) is 3.40. The summed E-state index contributed by atoms with van der Waals surface area (Å²) in [5.41, 5.74) is 2.28. The molecule has 3 nitrogen and oxygen atoms in total. The van der Waals surface area contributed by atoms with Gasteiger partial charge in [0.1, 0.15) is 0 Å². The zero-order chi connectivity index (χ0) is 9.97. The highest BCUT2D eigenvalue weighted by Crippen LogP contribution is 2.17. The fraction of sp³-hybridized carbons (Fsp3) is 0.364. The molecule has 1 saturated heterocycles. The Morgan fingerprint density at radius 2 is 2.07 bits per heavy atom. The Morgan fingerprint density at radius 3 is 2.57 bits per heavy atom. The number of amides is 2. The number of aryl methyl sites for hydroxylation is 1. The molecule has 1 fully saturated rings. The summed E-state index contributed by atoms with van der Waals surface area (Å²) in [5.74, 6) is 0. The highest BCUT2D eigenvalue weighted by molar-refractivity contribution is 5.93. The third-order valence-electron chi connectivity index (χ3n) is 2.51. The average Bonchev–Trinajstić information content (AvgIpc) is 2.65. The van der Waals surface area contributed by atoms with Gasteiger partial charge in [0.2, 0.25) is 0 Å². The molecule has 1 aliphatic rings. The van der Waals surface area contributed by atoms with E-state index in [0.717, 1.165) is 25.2 Å². The first-order chi connectivity index (χ1) is 6.81. The number of nitrogens with zero attached hydrogens (tertiary/aromatic N) is 1. The second-order valence-electron chi connectivity index (χ2n) is 3.40. The smallest absolute Gasteiger partial charge is 0.321 e. The molecule has 1 aliphatic heterocycles. The van der Waals surface area contributed by atoms with Crippen molar-refractivity contribution in [3.63, 3.8) is 0 Å². The average molecular weight is 190 g/mol. The molecule has 1 N–H and O–H groups in total. The monoisotopic (exact) mass is 190 g/mol. The Bertz CT molecular complexity index is 332. The van der Waals surface area contributed by atoms with Gasteiger partial charge in [-0.2, -0.15) is 0 Å². The summed E-state index contributed by atoms with van der Waals surface area (Å²) in [7, 11) is 0. The number of carbonyl (C=O) groups is 1. The molecule has 0 bridgehead atoms. The van der Waals surface area contributed by atoms with Crippen LogP contribution in [0.2, 0.25) is 0 Å². The van der Waals surface area contributed by atoms with E-state index in [-0.39, 0.29) is 6.03 Å². The van der Waals surface area contributed by atoms with Crippen molar-refractivity contribution in [1.82, 2.24) is 5.32 Å². The third kappa shape index (κ3) is 1.58. The molecule has 1 aromatic rings. The molecular formula is C11H14N2O. The zero-order valence-corrected chi connectivity index (χ0v) is 8.29. The number of hydrogen-bond acceptors (Lipinski definition) is 1. The van der Waals surface area contributed by atoms with Gasteiger partial charge in [0.25, 0.3) is 0 Å². The lowest BCUT2D eigenvalue weighted by Gasteiger charge is -2.14. The summed E-state index contributed by atoms with van der Waals surface area (Å²) in [5, 5.41) is 2.78. The van der Waals surface area contributed by atoms with Crippen molar-refractivity contribution < 1.29 is 4.79 Å². The Balaban J connectivity index is 2.20. The fourth-order valence-electron chi connectivity index (χ4n) is 1.63. The molecule has 1 aromatic carbocycles. The highest BCUT2D eigenvalue weighted by atomic mass is 16.2. The van der Waals surface area contributed by atoms with Crippen LogP contribution in [0.15, 0.2) is 24.3 Å². The van der Waals surface area contributed by atoms with Crippen LogP contribution in [0, 0.1) is 0 Å². The van der Waals surface area contributed by atoms with E-state index in [1.165, 1.54) is 5.56 Å². The Kier molecular flexibility index (Phi) is 2.39. The van der Waals surface area contributed by atoms with Gasteiger partial charge in [-0.15, -0.1) is 0 Å². The van der Waals surface area contributed by atoms with Crippen molar-refractivity contribution >= 4 is 11.7 Å². The molecule has 0 aromatic heterocycles. The number of hydrogen-bond donors (Lipinski definition) is 1. The molecule has 3 heteroatoms. The zero-order valence-electron chi connectivity index (χ0n) is 8.29. The summed E-state index contributed by atoms with van der Waals surface area (Å²) in [6, 6.07) is 8.16. The number of nitrogens with one attached hydrogen (secondary N) is 1. The Morgan fingerprint density at radius 1 is 1.36 bits per heavy atom. The molecule has 0 atom stereocenters.